The van der Waals surface area contributed by atoms with E-state index in [0.717, 1.165) is 12.1 Å². The van der Waals surface area contributed by atoms with Crippen molar-refractivity contribution in [2.45, 2.75) is 19.4 Å². The molecule has 0 bridgehead atoms. The molecule has 6 heteroatoms. The van der Waals surface area contributed by atoms with Crippen LogP contribution < -0.4 is 0 Å². The Balaban J connectivity index is 3.29. The topological polar surface area (TPSA) is 63.4 Å². The standard InChI is InChI=1S/C9H9F2NO3/c1-2-8(13)5-3-6(10)9(11)7(4-5)12(14)15/h3-4,8,13H,2H2,1H3. The molecule has 0 aromatic heterocycles. The second kappa shape index (κ2) is 4.31. The summed E-state index contributed by atoms with van der Waals surface area (Å²) in [6.45, 7) is 1.62. The second-order valence-electron chi connectivity index (χ2n) is 3.02. The van der Waals surface area contributed by atoms with Gasteiger partial charge in [-0.25, -0.2) is 4.39 Å². The summed E-state index contributed by atoms with van der Waals surface area (Å²) in [5, 5.41) is 19.7. The summed E-state index contributed by atoms with van der Waals surface area (Å²) in [7, 11) is 0. The van der Waals surface area contributed by atoms with Gasteiger partial charge in [-0.2, -0.15) is 4.39 Å². The molecule has 0 aliphatic rings. The fraction of sp³-hybridized carbons (Fsp3) is 0.333. The monoisotopic (exact) mass is 217 g/mol. The number of halogens is 2. The third-order valence-electron chi connectivity index (χ3n) is 2.00. The van der Waals surface area contributed by atoms with E-state index in [0.29, 0.717) is 0 Å². The van der Waals surface area contributed by atoms with E-state index >= 15 is 0 Å². The van der Waals surface area contributed by atoms with Gasteiger partial charge in [-0.05, 0) is 18.1 Å². The fourth-order valence-electron chi connectivity index (χ4n) is 1.16. The first-order valence-electron chi connectivity index (χ1n) is 4.28. The molecule has 0 saturated carbocycles. The summed E-state index contributed by atoms with van der Waals surface area (Å²) in [5.74, 6) is -2.83. The van der Waals surface area contributed by atoms with E-state index in [9.17, 15) is 24.0 Å². The second-order valence-corrected chi connectivity index (χ2v) is 3.02. The molecule has 0 radical (unpaired) electrons. The Morgan fingerprint density at radius 1 is 1.53 bits per heavy atom. The van der Waals surface area contributed by atoms with Crippen LogP contribution in [0.25, 0.3) is 0 Å². The van der Waals surface area contributed by atoms with Crippen LogP contribution in [0.15, 0.2) is 12.1 Å². The molecular formula is C9H9F2NO3. The van der Waals surface area contributed by atoms with Gasteiger partial charge >= 0.3 is 5.69 Å². The predicted octanol–water partition coefficient (Wildman–Crippen LogP) is 2.32. The maximum Gasteiger partial charge on any atom is 0.308 e. The summed E-state index contributed by atoms with van der Waals surface area (Å²) in [4.78, 5) is 9.33. The van der Waals surface area contributed by atoms with Crippen LogP contribution in [0.5, 0.6) is 0 Å². The lowest BCUT2D eigenvalue weighted by atomic mass is 10.1. The molecule has 4 nitrogen and oxygen atoms in total. The Labute approximate surface area is 84.3 Å². The van der Waals surface area contributed by atoms with E-state index < -0.39 is 28.3 Å². The summed E-state index contributed by atoms with van der Waals surface area (Å²) < 4.78 is 25.8. The van der Waals surface area contributed by atoms with Gasteiger partial charge in [0.15, 0.2) is 5.82 Å². The number of nitrogens with zero attached hydrogens (tertiary/aromatic N) is 1. The van der Waals surface area contributed by atoms with Crippen LogP contribution in [0.2, 0.25) is 0 Å². The van der Waals surface area contributed by atoms with Crippen LogP contribution >= 0.6 is 0 Å². The van der Waals surface area contributed by atoms with Crippen molar-refractivity contribution in [3.8, 4) is 0 Å². The van der Waals surface area contributed by atoms with Gasteiger partial charge in [0.25, 0.3) is 0 Å². The van der Waals surface area contributed by atoms with E-state index in [2.05, 4.69) is 0 Å². The lowest BCUT2D eigenvalue weighted by Gasteiger charge is -2.08. The average molecular weight is 217 g/mol. The number of rotatable bonds is 3. The van der Waals surface area contributed by atoms with E-state index in [1.54, 1.807) is 6.92 Å². The Kier molecular flexibility index (Phi) is 3.31. The minimum absolute atomic E-state index is 0.00287. The van der Waals surface area contributed by atoms with E-state index in [1.165, 1.54) is 0 Å². The van der Waals surface area contributed by atoms with Crippen LogP contribution in [0.4, 0.5) is 14.5 Å². The van der Waals surface area contributed by atoms with Crippen molar-refractivity contribution in [3.63, 3.8) is 0 Å². The Morgan fingerprint density at radius 3 is 2.60 bits per heavy atom. The number of aliphatic hydroxyl groups excluding tert-OH is 1. The lowest BCUT2D eigenvalue weighted by Crippen LogP contribution is -2.02. The summed E-state index contributed by atoms with van der Waals surface area (Å²) in [5.41, 5.74) is -0.958. The maximum absolute atomic E-state index is 12.9. The number of hydrogen-bond acceptors (Lipinski definition) is 3. The Hall–Kier alpha value is -1.56. The molecule has 0 fully saturated rings. The van der Waals surface area contributed by atoms with Crippen molar-refractivity contribution < 1.29 is 18.8 Å². The normalized spacial score (nSPS) is 12.5. The fourth-order valence-corrected chi connectivity index (χ4v) is 1.16. The van der Waals surface area contributed by atoms with E-state index in [4.69, 9.17) is 0 Å². The third-order valence-corrected chi connectivity index (χ3v) is 2.00. The Bertz CT molecular complexity index is 395. The molecule has 1 N–H and O–H groups in total. The molecule has 0 amide bonds. The highest BCUT2D eigenvalue weighted by Gasteiger charge is 2.21. The first-order valence-corrected chi connectivity index (χ1v) is 4.28. The first-order chi connectivity index (χ1) is 6.97. The van der Waals surface area contributed by atoms with Crippen molar-refractivity contribution in [1.29, 1.82) is 0 Å². The van der Waals surface area contributed by atoms with Gasteiger partial charge in [0.1, 0.15) is 0 Å². The van der Waals surface area contributed by atoms with E-state index in [1.807, 2.05) is 0 Å². The highest BCUT2D eigenvalue weighted by atomic mass is 19.2. The zero-order valence-corrected chi connectivity index (χ0v) is 7.91. The molecule has 1 aromatic rings. The molecule has 0 heterocycles. The number of nitro groups is 1. The third kappa shape index (κ3) is 2.27. The highest BCUT2D eigenvalue weighted by Crippen LogP contribution is 2.26. The molecular weight excluding hydrogens is 208 g/mol. The number of nitro benzene ring substituents is 1. The predicted molar refractivity (Wildman–Crippen MR) is 48.3 cm³/mol. The van der Waals surface area contributed by atoms with Gasteiger partial charge < -0.3 is 5.11 Å². The zero-order chi connectivity index (χ0) is 11.6. The number of aliphatic hydroxyl groups is 1. The van der Waals surface area contributed by atoms with Crippen LogP contribution in [-0.4, -0.2) is 10.0 Å². The zero-order valence-electron chi connectivity index (χ0n) is 7.91. The van der Waals surface area contributed by atoms with Gasteiger partial charge in [0.05, 0.1) is 11.0 Å². The molecule has 1 atom stereocenters. The van der Waals surface area contributed by atoms with Gasteiger partial charge in [0, 0.05) is 6.07 Å². The molecule has 1 rings (SSSR count). The van der Waals surface area contributed by atoms with Crippen molar-refractivity contribution in [1.82, 2.24) is 0 Å². The maximum atomic E-state index is 12.9. The van der Waals surface area contributed by atoms with Crippen molar-refractivity contribution >= 4 is 5.69 Å². The summed E-state index contributed by atoms with van der Waals surface area (Å²) in [6, 6.07) is 1.60. The van der Waals surface area contributed by atoms with Crippen molar-refractivity contribution in [2.75, 3.05) is 0 Å². The van der Waals surface area contributed by atoms with E-state index in [-0.39, 0.29) is 12.0 Å². The van der Waals surface area contributed by atoms with Gasteiger partial charge in [0.2, 0.25) is 5.82 Å². The average Bonchev–Trinajstić information content (AvgIpc) is 2.20. The van der Waals surface area contributed by atoms with Crippen LogP contribution in [0, 0.1) is 21.7 Å². The van der Waals surface area contributed by atoms with Crippen molar-refractivity contribution in [2.24, 2.45) is 0 Å². The number of benzene rings is 1. The largest absolute Gasteiger partial charge is 0.388 e. The number of hydrogen-bond donors (Lipinski definition) is 1. The molecule has 1 unspecified atom stereocenters. The minimum atomic E-state index is -1.51. The summed E-state index contributed by atoms with van der Waals surface area (Å²) in [6.07, 6.45) is -0.763. The minimum Gasteiger partial charge on any atom is -0.388 e. The molecule has 1 aromatic carbocycles. The molecule has 82 valence electrons. The van der Waals surface area contributed by atoms with Crippen LogP contribution in [-0.2, 0) is 0 Å². The molecule has 0 saturated heterocycles. The van der Waals surface area contributed by atoms with Crippen LogP contribution in [0.1, 0.15) is 25.0 Å². The quantitative estimate of drug-likeness (QED) is 0.624. The smallest absolute Gasteiger partial charge is 0.308 e. The lowest BCUT2D eigenvalue weighted by molar-refractivity contribution is -0.387. The Morgan fingerprint density at radius 2 is 2.13 bits per heavy atom. The van der Waals surface area contributed by atoms with Gasteiger partial charge in [-0.3, -0.25) is 10.1 Å². The molecule has 0 spiro atoms. The first kappa shape index (κ1) is 11.5. The van der Waals surface area contributed by atoms with Crippen molar-refractivity contribution in [3.05, 3.63) is 39.4 Å². The van der Waals surface area contributed by atoms with Gasteiger partial charge in [-0.1, -0.05) is 6.92 Å². The summed E-state index contributed by atoms with van der Waals surface area (Å²) >= 11 is 0. The van der Waals surface area contributed by atoms with Crippen LogP contribution in [0.3, 0.4) is 0 Å². The molecule has 0 aliphatic carbocycles. The highest BCUT2D eigenvalue weighted by molar-refractivity contribution is 5.38. The molecule has 15 heavy (non-hydrogen) atoms. The SMILES string of the molecule is CCC(O)c1cc(F)c(F)c([N+](=O)[O-])c1. The van der Waals surface area contributed by atoms with Gasteiger partial charge in [-0.15, -0.1) is 0 Å². The molecule has 0 aliphatic heterocycles.